The summed E-state index contributed by atoms with van der Waals surface area (Å²) < 4.78 is 11.6. The minimum absolute atomic E-state index is 0.192. The summed E-state index contributed by atoms with van der Waals surface area (Å²) in [6, 6.07) is 29.8. The van der Waals surface area contributed by atoms with Crippen molar-refractivity contribution in [1.82, 2.24) is 4.98 Å². The van der Waals surface area contributed by atoms with Crippen molar-refractivity contribution in [3.05, 3.63) is 118 Å². The molecular formula is C32H26BrN3O4S2. The van der Waals surface area contributed by atoms with Crippen LogP contribution in [0.4, 0.5) is 10.8 Å². The number of carbonyl (C=O) groups excluding carboxylic acids is 2. The van der Waals surface area contributed by atoms with Crippen LogP contribution in [0.15, 0.2) is 112 Å². The normalized spacial score (nSPS) is 11.4. The Morgan fingerprint density at radius 3 is 2.36 bits per heavy atom. The number of hydrogen-bond acceptors (Lipinski definition) is 7. The Bertz CT molecular complexity index is 1690. The van der Waals surface area contributed by atoms with Crippen LogP contribution in [-0.4, -0.2) is 31.0 Å². The Labute approximate surface area is 260 Å². The van der Waals surface area contributed by atoms with E-state index in [0.29, 0.717) is 27.9 Å². The van der Waals surface area contributed by atoms with Gasteiger partial charge in [-0.25, -0.2) is 4.98 Å². The molecular weight excluding hydrogens is 634 g/mol. The lowest BCUT2D eigenvalue weighted by Crippen LogP contribution is -2.19. The molecule has 42 heavy (non-hydrogen) atoms. The van der Waals surface area contributed by atoms with Crippen molar-refractivity contribution in [2.24, 2.45) is 0 Å². The summed E-state index contributed by atoms with van der Waals surface area (Å²) in [4.78, 5) is 32.0. The zero-order valence-corrected chi connectivity index (χ0v) is 25.9. The van der Waals surface area contributed by atoms with Crippen molar-refractivity contribution in [1.29, 1.82) is 0 Å². The lowest BCUT2D eigenvalue weighted by Gasteiger charge is -2.17. The van der Waals surface area contributed by atoms with Gasteiger partial charge >= 0.3 is 0 Å². The standard InChI is InChI=1S/C32H26BrN3O4S2/c1-39-27-16-13-22(17-28(27)40-2)30(37)34-24-9-6-10-25(18-24)42-29(21-7-4-3-5-8-21)31(38)36-32-35-26(19-41-32)20-11-14-23(33)15-12-20/h3-19,29H,1-2H3,(H,34,37)(H,35,36,38). The fourth-order valence-corrected chi connectivity index (χ4v) is 6.19. The second-order valence-electron chi connectivity index (χ2n) is 8.99. The maximum atomic E-state index is 13.6. The van der Waals surface area contributed by atoms with Gasteiger partial charge in [0.15, 0.2) is 16.6 Å². The molecule has 0 bridgehead atoms. The number of thiazole rings is 1. The van der Waals surface area contributed by atoms with Gasteiger partial charge in [0, 0.05) is 31.6 Å². The SMILES string of the molecule is COc1ccc(C(=O)Nc2cccc(SC(C(=O)Nc3nc(-c4ccc(Br)cc4)cs3)c3ccccc3)c2)cc1OC. The minimum atomic E-state index is -0.553. The van der Waals surface area contributed by atoms with Gasteiger partial charge in [-0.1, -0.05) is 64.5 Å². The maximum absolute atomic E-state index is 13.6. The second-order valence-corrected chi connectivity index (χ2v) is 11.9. The Hall–Kier alpha value is -4.12. The molecule has 1 unspecified atom stereocenters. The number of benzene rings is 4. The molecule has 4 aromatic carbocycles. The quantitative estimate of drug-likeness (QED) is 0.147. The lowest BCUT2D eigenvalue weighted by molar-refractivity contribution is -0.115. The Balaban J connectivity index is 1.32. The van der Waals surface area contributed by atoms with E-state index in [2.05, 4.69) is 31.5 Å². The number of methoxy groups -OCH3 is 2. The molecule has 0 saturated heterocycles. The molecule has 0 saturated carbocycles. The van der Waals surface area contributed by atoms with Crippen LogP contribution in [0.3, 0.4) is 0 Å². The number of hydrogen-bond donors (Lipinski definition) is 2. The van der Waals surface area contributed by atoms with Gasteiger partial charge < -0.3 is 20.1 Å². The van der Waals surface area contributed by atoms with Gasteiger partial charge in [-0.15, -0.1) is 23.1 Å². The molecule has 2 N–H and O–H groups in total. The molecule has 0 fully saturated rings. The van der Waals surface area contributed by atoms with E-state index in [1.165, 1.54) is 30.2 Å². The topological polar surface area (TPSA) is 89.5 Å². The fourth-order valence-electron chi connectivity index (χ4n) is 4.12. The molecule has 7 nitrogen and oxygen atoms in total. The average molecular weight is 661 g/mol. The number of ether oxygens (including phenoxy) is 2. The Kier molecular flexibility index (Phi) is 9.58. The molecule has 5 rings (SSSR count). The van der Waals surface area contributed by atoms with Gasteiger partial charge in [-0.05, 0) is 54.1 Å². The maximum Gasteiger partial charge on any atom is 0.255 e. The average Bonchev–Trinajstić information content (AvgIpc) is 3.48. The highest BCUT2D eigenvalue weighted by Gasteiger charge is 2.23. The van der Waals surface area contributed by atoms with E-state index < -0.39 is 5.25 Å². The van der Waals surface area contributed by atoms with Gasteiger partial charge in [0.1, 0.15) is 5.25 Å². The number of halogens is 1. The molecule has 0 spiro atoms. The van der Waals surface area contributed by atoms with Crippen LogP contribution >= 0.6 is 39.0 Å². The number of carbonyl (C=O) groups is 2. The third-order valence-corrected chi connectivity index (χ3v) is 8.74. The first-order valence-electron chi connectivity index (χ1n) is 12.8. The first kappa shape index (κ1) is 29.4. The highest BCUT2D eigenvalue weighted by atomic mass is 79.9. The van der Waals surface area contributed by atoms with Crippen LogP contribution in [-0.2, 0) is 4.79 Å². The van der Waals surface area contributed by atoms with Crippen molar-refractivity contribution >= 4 is 61.7 Å². The molecule has 0 aliphatic rings. The van der Waals surface area contributed by atoms with Crippen LogP contribution in [0, 0.1) is 0 Å². The predicted molar refractivity (Wildman–Crippen MR) is 173 cm³/mol. The Morgan fingerprint density at radius 1 is 0.857 bits per heavy atom. The summed E-state index contributed by atoms with van der Waals surface area (Å²) in [5.74, 6) is 0.527. The van der Waals surface area contributed by atoms with Crippen LogP contribution in [0.2, 0.25) is 0 Å². The Morgan fingerprint density at radius 2 is 1.62 bits per heavy atom. The molecule has 1 atom stereocenters. The number of thioether (sulfide) groups is 1. The van der Waals surface area contributed by atoms with E-state index in [9.17, 15) is 9.59 Å². The van der Waals surface area contributed by atoms with Gasteiger partial charge in [0.25, 0.3) is 5.91 Å². The van der Waals surface area contributed by atoms with E-state index in [1.807, 2.05) is 78.2 Å². The molecule has 10 heteroatoms. The highest BCUT2D eigenvalue weighted by molar-refractivity contribution is 9.10. The molecule has 5 aromatic rings. The van der Waals surface area contributed by atoms with Crippen molar-refractivity contribution in [2.75, 3.05) is 24.9 Å². The number of anilines is 2. The third-order valence-electron chi connectivity index (χ3n) is 6.21. The van der Waals surface area contributed by atoms with Crippen LogP contribution in [0.25, 0.3) is 11.3 Å². The van der Waals surface area contributed by atoms with Crippen molar-refractivity contribution in [2.45, 2.75) is 10.1 Å². The first-order valence-corrected chi connectivity index (χ1v) is 15.4. The fraction of sp³-hybridized carbons (Fsp3) is 0.0938. The summed E-state index contributed by atoms with van der Waals surface area (Å²) in [7, 11) is 3.07. The predicted octanol–water partition coefficient (Wildman–Crippen LogP) is 8.31. The third kappa shape index (κ3) is 7.20. The largest absolute Gasteiger partial charge is 0.493 e. The molecule has 2 amide bonds. The van der Waals surface area contributed by atoms with E-state index >= 15 is 0 Å². The molecule has 212 valence electrons. The van der Waals surface area contributed by atoms with E-state index in [0.717, 1.165) is 26.2 Å². The molecule has 1 heterocycles. The lowest BCUT2D eigenvalue weighted by atomic mass is 10.1. The van der Waals surface area contributed by atoms with Crippen molar-refractivity contribution < 1.29 is 19.1 Å². The van der Waals surface area contributed by atoms with Crippen LogP contribution in [0.5, 0.6) is 11.5 Å². The van der Waals surface area contributed by atoms with Crippen molar-refractivity contribution in [3.63, 3.8) is 0 Å². The summed E-state index contributed by atoms with van der Waals surface area (Å²) in [6.45, 7) is 0. The van der Waals surface area contributed by atoms with Gasteiger partial charge in [-0.2, -0.15) is 0 Å². The first-order chi connectivity index (χ1) is 20.4. The van der Waals surface area contributed by atoms with Gasteiger partial charge in [-0.3, -0.25) is 9.59 Å². The number of amides is 2. The van der Waals surface area contributed by atoms with Crippen LogP contribution in [0.1, 0.15) is 21.2 Å². The summed E-state index contributed by atoms with van der Waals surface area (Å²) in [5.41, 5.74) is 3.65. The number of aromatic nitrogens is 1. The molecule has 0 radical (unpaired) electrons. The second kappa shape index (κ2) is 13.7. The van der Waals surface area contributed by atoms with Gasteiger partial charge in [0.2, 0.25) is 5.91 Å². The van der Waals surface area contributed by atoms with Crippen molar-refractivity contribution in [3.8, 4) is 22.8 Å². The molecule has 0 aliphatic carbocycles. The summed E-state index contributed by atoms with van der Waals surface area (Å²) >= 11 is 6.22. The van der Waals surface area contributed by atoms with Gasteiger partial charge in [0.05, 0.1) is 19.9 Å². The smallest absolute Gasteiger partial charge is 0.255 e. The monoisotopic (exact) mass is 659 g/mol. The highest BCUT2D eigenvalue weighted by Crippen LogP contribution is 2.38. The van der Waals surface area contributed by atoms with Crippen LogP contribution < -0.4 is 20.1 Å². The van der Waals surface area contributed by atoms with E-state index in [1.54, 1.807) is 31.4 Å². The van der Waals surface area contributed by atoms with E-state index in [-0.39, 0.29) is 11.8 Å². The summed E-state index contributed by atoms with van der Waals surface area (Å²) in [6.07, 6.45) is 0. The zero-order valence-electron chi connectivity index (χ0n) is 22.7. The zero-order chi connectivity index (χ0) is 29.5. The number of nitrogens with zero attached hydrogens (tertiary/aromatic N) is 1. The number of nitrogens with one attached hydrogen (secondary N) is 2. The minimum Gasteiger partial charge on any atom is -0.493 e. The number of rotatable bonds is 10. The van der Waals surface area contributed by atoms with E-state index in [4.69, 9.17) is 9.47 Å². The molecule has 1 aromatic heterocycles. The summed E-state index contributed by atoms with van der Waals surface area (Å²) in [5, 5.41) is 7.82. The molecule has 0 aliphatic heterocycles.